The Kier molecular flexibility index (Phi) is 4.96. The van der Waals surface area contributed by atoms with Gasteiger partial charge in [-0.2, -0.15) is 0 Å². The van der Waals surface area contributed by atoms with E-state index in [1.54, 1.807) is 0 Å². The maximum absolute atomic E-state index is 13.1. The lowest BCUT2D eigenvalue weighted by atomic mass is 9.72. The van der Waals surface area contributed by atoms with Gasteiger partial charge in [0.25, 0.3) is 5.91 Å². The summed E-state index contributed by atoms with van der Waals surface area (Å²) in [4.78, 5) is 28.8. The van der Waals surface area contributed by atoms with Crippen molar-refractivity contribution in [1.29, 1.82) is 0 Å². The van der Waals surface area contributed by atoms with Gasteiger partial charge in [-0.15, -0.1) is 0 Å². The van der Waals surface area contributed by atoms with E-state index in [1.807, 2.05) is 47.2 Å². The maximum Gasteiger partial charge on any atom is 0.253 e. The SMILES string of the molecule is Cc1ccccc1-c1cccc(C(=O)N2CCC3(CCC(=O)N(C)C3)CC2)c1. The van der Waals surface area contributed by atoms with Crippen molar-refractivity contribution in [2.45, 2.75) is 32.6 Å². The molecule has 2 fully saturated rings. The van der Waals surface area contributed by atoms with Crippen LogP contribution in [-0.4, -0.2) is 48.3 Å². The van der Waals surface area contributed by atoms with Crippen LogP contribution in [0.15, 0.2) is 48.5 Å². The zero-order valence-corrected chi connectivity index (χ0v) is 16.8. The number of nitrogens with zero attached hydrogens (tertiary/aromatic N) is 2. The lowest BCUT2D eigenvalue weighted by Crippen LogP contribution is -2.51. The molecule has 2 aromatic rings. The Labute approximate surface area is 167 Å². The normalized spacial score (nSPS) is 19.1. The first-order chi connectivity index (χ1) is 13.5. The summed E-state index contributed by atoms with van der Waals surface area (Å²) in [6.07, 6.45) is 3.56. The van der Waals surface area contributed by atoms with Crippen molar-refractivity contribution in [3.05, 3.63) is 59.7 Å². The van der Waals surface area contributed by atoms with E-state index >= 15 is 0 Å². The van der Waals surface area contributed by atoms with E-state index in [2.05, 4.69) is 25.1 Å². The van der Waals surface area contributed by atoms with Gasteiger partial charge in [0.05, 0.1) is 0 Å². The first kappa shape index (κ1) is 18.7. The van der Waals surface area contributed by atoms with Gasteiger partial charge in [-0.25, -0.2) is 0 Å². The van der Waals surface area contributed by atoms with E-state index in [0.717, 1.165) is 50.0 Å². The predicted molar refractivity (Wildman–Crippen MR) is 111 cm³/mol. The van der Waals surface area contributed by atoms with Gasteiger partial charge in [0, 0.05) is 38.7 Å². The molecule has 0 radical (unpaired) electrons. The summed E-state index contributed by atoms with van der Waals surface area (Å²) in [7, 11) is 1.90. The Balaban J connectivity index is 1.47. The van der Waals surface area contributed by atoms with Crippen molar-refractivity contribution in [1.82, 2.24) is 9.80 Å². The molecule has 0 saturated carbocycles. The Morgan fingerprint density at radius 3 is 2.46 bits per heavy atom. The molecule has 0 bridgehead atoms. The number of carbonyl (C=O) groups is 2. The van der Waals surface area contributed by atoms with Gasteiger partial charge in [0.1, 0.15) is 0 Å². The molecule has 2 heterocycles. The van der Waals surface area contributed by atoms with Crippen LogP contribution in [0.2, 0.25) is 0 Å². The van der Waals surface area contributed by atoms with E-state index < -0.39 is 0 Å². The number of hydrogen-bond acceptors (Lipinski definition) is 2. The summed E-state index contributed by atoms with van der Waals surface area (Å²) >= 11 is 0. The number of carbonyl (C=O) groups excluding carboxylic acids is 2. The molecule has 0 atom stereocenters. The Morgan fingerprint density at radius 2 is 1.75 bits per heavy atom. The molecule has 4 nitrogen and oxygen atoms in total. The van der Waals surface area contributed by atoms with Crippen LogP contribution in [0.5, 0.6) is 0 Å². The molecule has 0 aromatic heterocycles. The average Bonchev–Trinajstić information content (AvgIpc) is 2.72. The van der Waals surface area contributed by atoms with Crippen LogP contribution in [0, 0.1) is 12.3 Å². The maximum atomic E-state index is 13.1. The lowest BCUT2D eigenvalue weighted by molar-refractivity contribution is -0.137. The lowest BCUT2D eigenvalue weighted by Gasteiger charge is -2.46. The molecular formula is C24H28N2O2. The number of aryl methyl sites for hydroxylation is 1. The average molecular weight is 377 g/mol. The van der Waals surface area contributed by atoms with E-state index in [4.69, 9.17) is 0 Å². The topological polar surface area (TPSA) is 40.6 Å². The fourth-order valence-electron chi connectivity index (χ4n) is 4.72. The summed E-state index contributed by atoms with van der Waals surface area (Å²) in [5, 5.41) is 0. The van der Waals surface area contributed by atoms with Crippen LogP contribution in [0.4, 0.5) is 0 Å². The summed E-state index contributed by atoms with van der Waals surface area (Å²) < 4.78 is 0. The molecule has 4 rings (SSSR count). The number of rotatable bonds is 2. The van der Waals surface area contributed by atoms with Crippen LogP contribution in [0.25, 0.3) is 11.1 Å². The molecule has 28 heavy (non-hydrogen) atoms. The number of piperidine rings is 2. The first-order valence-electron chi connectivity index (χ1n) is 10.2. The molecule has 0 aliphatic carbocycles. The summed E-state index contributed by atoms with van der Waals surface area (Å²) in [6.45, 7) is 4.47. The van der Waals surface area contributed by atoms with Crippen molar-refractivity contribution < 1.29 is 9.59 Å². The van der Waals surface area contributed by atoms with Gasteiger partial charge in [0.15, 0.2) is 0 Å². The second kappa shape index (κ2) is 7.42. The third-order valence-electron chi connectivity index (χ3n) is 6.54. The Hall–Kier alpha value is -2.62. The van der Waals surface area contributed by atoms with Gasteiger partial charge in [-0.05, 0) is 60.4 Å². The highest BCUT2D eigenvalue weighted by molar-refractivity contribution is 5.95. The minimum atomic E-state index is 0.116. The number of benzene rings is 2. The fourth-order valence-corrected chi connectivity index (χ4v) is 4.72. The molecule has 0 N–H and O–H groups in total. The summed E-state index contributed by atoms with van der Waals surface area (Å²) in [5.74, 6) is 0.364. The van der Waals surface area contributed by atoms with Gasteiger partial charge in [-0.1, -0.05) is 36.4 Å². The van der Waals surface area contributed by atoms with E-state index in [-0.39, 0.29) is 17.2 Å². The van der Waals surface area contributed by atoms with Gasteiger partial charge in [-0.3, -0.25) is 9.59 Å². The molecule has 2 amide bonds. The number of amides is 2. The van der Waals surface area contributed by atoms with Crippen LogP contribution in [0.1, 0.15) is 41.6 Å². The van der Waals surface area contributed by atoms with Crippen LogP contribution in [-0.2, 0) is 4.79 Å². The van der Waals surface area contributed by atoms with Crippen molar-refractivity contribution in [2.24, 2.45) is 5.41 Å². The van der Waals surface area contributed by atoms with E-state index in [9.17, 15) is 9.59 Å². The van der Waals surface area contributed by atoms with Crippen molar-refractivity contribution in [3.8, 4) is 11.1 Å². The molecule has 2 aliphatic rings. The number of hydrogen-bond donors (Lipinski definition) is 0. The highest BCUT2D eigenvalue weighted by atomic mass is 16.2. The molecule has 146 valence electrons. The fraction of sp³-hybridized carbons (Fsp3) is 0.417. The second-order valence-corrected chi connectivity index (χ2v) is 8.44. The zero-order valence-electron chi connectivity index (χ0n) is 16.8. The third-order valence-corrected chi connectivity index (χ3v) is 6.54. The quantitative estimate of drug-likeness (QED) is 0.790. The van der Waals surface area contributed by atoms with E-state index in [1.165, 1.54) is 11.1 Å². The van der Waals surface area contributed by atoms with Crippen LogP contribution < -0.4 is 0 Å². The van der Waals surface area contributed by atoms with Crippen LogP contribution in [0.3, 0.4) is 0 Å². The molecule has 2 saturated heterocycles. The highest BCUT2D eigenvalue weighted by Gasteiger charge is 2.40. The largest absolute Gasteiger partial charge is 0.345 e. The standard InChI is InChI=1S/C24H28N2O2/c1-18-6-3-4-9-21(18)19-7-5-8-20(16-19)23(28)26-14-12-24(13-15-26)11-10-22(27)25(2)17-24/h3-9,16H,10-15,17H2,1-2H3. The highest BCUT2D eigenvalue weighted by Crippen LogP contribution is 2.40. The van der Waals surface area contributed by atoms with Gasteiger partial charge < -0.3 is 9.80 Å². The zero-order chi connectivity index (χ0) is 19.7. The van der Waals surface area contributed by atoms with Crippen molar-refractivity contribution >= 4 is 11.8 Å². The van der Waals surface area contributed by atoms with E-state index in [0.29, 0.717) is 6.42 Å². The molecule has 0 unspecified atom stereocenters. The second-order valence-electron chi connectivity index (χ2n) is 8.44. The summed E-state index contributed by atoms with van der Waals surface area (Å²) in [5.41, 5.74) is 4.42. The summed E-state index contributed by atoms with van der Waals surface area (Å²) in [6, 6.07) is 16.2. The third kappa shape index (κ3) is 3.56. The minimum absolute atomic E-state index is 0.116. The minimum Gasteiger partial charge on any atom is -0.345 e. The predicted octanol–water partition coefficient (Wildman–Crippen LogP) is 4.14. The Bertz CT molecular complexity index is 897. The van der Waals surface area contributed by atoms with Crippen molar-refractivity contribution in [3.63, 3.8) is 0 Å². The van der Waals surface area contributed by atoms with Crippen molar-refractivity contribution in [2.75, 3.05) is 26.7 Å². The van der Waals surface area contributed by atoms with Gasteiger partial charge in [0.2, 0.25) is 5.91 Å². The molecule has 2 aromatic carbocycles. The number of likely N-dealkylation sites (tertiary alicyclic amines) is 2. The molecule has 1 spiro atoms. The first-order valence-corrected chi connectivity index (χ1v) is 10.2. The molecular weight excluding hydrogens is 348 g/mol. The molecule has 4 heteroatoms. The van der Waals surface area contributed by atoms with Crippen LogP contribution >= 0.6 is 0 Å². The molecule has 2 aliphatic heterocycles. The monoisotopic (exact) mass is 376 g/mol. The Morgan fingerprint density at radius 1 is 1.00 bits per heavy atom. The van der Waals surface area contributed by atoms with Gasteiger partial charge >= 0.3 is 0 Å². The smallest absolute Gasteiger partial charge is 0.253 e.